The molecule has 1 atom stereocenters. The van der Waals surface area contributed by atoms with Crippen LogP contribution in [0.1, 0.15) is 43.0 Å². The normalized spacial score (nSPS) is 18.7. The van der Waals surface area contributed by atoms with Gasteiger partial charge >= 0.3 is 0 Å². The minimum absolute atomic E-state index is 0.0187. The number of aryl methyl sites for hydroxylation is 1. The zero-order valence-electron chi connectivity index (χ0n) is 17.7. The second kappa shape index (κ2) is 8.34. The Morgan fingerprint density at radius 1 is 1.20 bits per heavy atom. The number of nitrogens with zero attached hydrogens (tertiary/aromatic N) is 4. The summed E-state index contributed by atoms with van der Waals surface area (Å²) in [5.41, 5.74) is 2.73. The fourth-order valence-electron chi connectivity index (χ4n) is 4.16. The molecule has 1 saturated carbocycles. The van der Waals surface area contributed by atoms with Gasteiger partial charge in [-0.2, -0.15) is 5.10 Å². The van der Waals surface area contributed by atoms with Gasteiger partial charge in [-0.05, 0) is 31.0 Å². The van der Waals surface area contributed by atoms with Crippen molar-refractivity contribution in [1.29, 1.82) is 0 Å². The second-order valence-electron chi connectivity index (χ2n) is 8.07. The fourth-order valence-corrected chi connectivity index (χ4v) is 4.16. The lowest BCUT2D eigenvalue weighted by Gasteiger charge is -2.30. The summed E-state index contributed by atoms with van der Waals surface area (Å²) in [6.45, 7) is 0.0187. The topological polar surface area (TPSA) is 67.1 Å². The van der Waals surface area contributed by atoms with Crippen LogP contribution in [-0.2, 0) is 16.6 Å². The van der Waals surface area contributed by atoms with Gasteiger partial charge in [0, 0.05) is 38.2 Å². The van der Waals surface area contributed by atoms with Crippen molar-refractivity contribution in [3.63, 3.8) is 0 Å². The van der Waals surface area contributed by atoms with Crippen LogP contribution in [0, 0.1) is 5.92 Å². The van der Waals surface area contributed by atoms with Crippen molar-refractivity contribution < 1.29 is 14.3 Å². The second-order valence-corrected chi connectivity index (χ2v) is 8.07. The minimum atomic E-state index is -0.272. The molecular formula is C23H28N4O3. The molecule has 0 radical (unpaired) electrons. The van der Waals surface area contributed by atoms with Gasteiger partial charge in [0.25, 0.3) is 5.91 Å². The van der Waals surface area contributed by atoms with Gasteiger partial charge in [-0.25, -0.2) is 5.01 Å². The van der Waals surface area contributed by atoms with E-state index in [1.54, 1.807) is 19.1 Å². The first-order valence-electron chi connectivity index (χ1n) is 10.4. The van der Waals surface area contributed by atoms with Crippen molar-refractivity contribution in [2.45, 2.75) is 31.7 Å². The molecule has 30 heavy (non-hydrogen) atoms. The summed E-state index contributed by atoms with van der Waals surface area (Å²) in [5.74, 6) is 0.649. The van der Waals surface area contributed by atoms with E-state index in [1.165, 1.54) is 5.01 Å². The van der Waals surface area contributed by atoms with Crippen LogP contribution >= 0.6 is 0 Å². The van der Waals surface area contributed by atoms with Crippen LogP contribution in [0.5, 0.6) is 5.75 Å². The van der Waals surface area contributed by atoms with Crippen LogP contribution in [0.2, 0.25) is 0 Å². The lowest BCUT2D eigenvalue weighted by molar-refractivity contribution is -0.144. The molecular weight excluding hydrogens is 380 g/mol. The monoisotopic (exact) mass is 408 g/mol. The number of likely N-dealkylation sites (N-methyl/N-ethyl adjacent to an activating group) is 1. The molecule has 4 rings (SSSR count). The zero-order chi connectivity index (χ0) is 21.3. The van der Waals surface area contributed by atoms with E-state index in [0.717, 1.165) is 42.0 Å². The van der Waals surface area contributed by atoms with E-state index in [9.17, 15) is 9.59 Å². The maximum absolute atomic E-state index is 13.2. The summed E-state index contributed by atoms with van der Waals surface area (Å²) in [5, 5.41) is 6.23. The van der Waals surface area contributed by atoms with Crippen LogP contribution < -0.4 is 4.74 Å². The number of hydrogen-bond donors (Lipinski definition) is 0. The number of benzene rings is 1. The smallest absolute Gasteiger partial charge is 0.262 e. The Labute approximate surface area is 176 Å². The third kappa shape index (κ3) is 3.72. The maximum Gasteiger partial charge on any atom is 0.262 e. The summed E-state index contributed by atoms with van der Waals surface area (Å²) in [6, 6.07) is 11.4. The molecule has 0 unspecified atom stereocenters. The molecule has 0 spiro atoms. The molecule has 1 aromatic heterocycles. The Hall–Kier alpha value is -3.09. The first kappa shape index (κ1) is 20.2. The third-order valence-electron chi connectivity index (χ3n) is 6.11. The highest BCUT2D eigenvalue weighted by atomic mass is 16.5. The van der Waals surface area contributed by atoms with E-state index >= 15 is 0 Å². The largest absolute Gasteiger partial charge is 0.496 e. The highest BCUT2D eigenvalue weighted by Gasteiger charge is 2.37. The molecule has 2 aliphatic rings. The Morgan fingerprint density at radius 3 is 2.60 bits per heavy atom. The van der Waals surface area contributed by atoms with Gasteiger partial charge in [0.2, 0.25) is 5.91 Å². The van der Waals surface area contributed by atoms with E-state index in [-0.39, 0.29) is 30.3 Å². The van der Waals surface area contributed by atoms with E-state index in [1.807, 2.05) is 54.2 Å². The van der Waals surface area contributed by atoms with Gasteiger partial charge < -0.3 is 14.2 Å². The number of hydrogen-bond acceptors (Lipinski definition) is 4. The average Bonchev–Trinajstić information content (AvgIpc) is 3.32. The number of hydrazone groups is 1. The summed E-state index contributed by atoms with van der Waals surface area (Å²) in [7, 11) is 5.30. The number of methoxy groups -OCH3 is 1. The minimum Gasteiger partial charge on any atom is -0.496 e. The fraction of sp³-hybridized carbons (Fsp3) is 0.435. The number of para-hydroxylation sites is 1. The maximum atomic E-state index is 13.2. The number of rotatable bonds is 6. The quantitative estimate of drug-likeness (QED) is 0.738. The molecule has 1 aliphatic heterocycles. The van der Waals surface area contributed by atoms with Gasteiger partial charge in [-0.15, -0.1) is 0 Å². The lowest BCUT2D eigenvalue weighted by atomic mass is 9.84. The molecule has 7 nitrogen and oxygen atoms in total. The number of carbonyl (C=O) groups is 2. The molecule has 2 heterocycles. The lowest BCUT2D eigenvalue weighted by Crippen LogP contribution is -2.42. The Bertz CT molecular complexity index is 976. The average molecular weight is 409 g/mol. The Morgan fingerprint density at radius 2 is 1.97 bits per heavy atom. The van der Waals surface area contributed by atoms with Gasteiger partial charge in [0.05, 0.1) is 24.6 Å². The predicted molar refractivity (Wildman–Crippen MR) is 114 cm³/mol. The highest BCUT2D eigenvalue weighted by Crippen LogP contribution is 2.37. The van der Waals surface area contributed by atoms with E-state index < -0.39 is 0 Å². The van der Waals surface area contributed by atoms with E-state index in [0.29, 0.717) is 6.42 Å². The molecule has 0 saturated heterocycles. The van der Waals surface area contributed by atoms with Crippen molar-refractivity contribution in [3.05, 3.63) is 53.9 Å². The molecule has 2 aromatic rings. The van der Waals surface area contributed by atoms with Crippen molar-refractivity contribution in [3.8, 4) is 5.75 Å². The Balaban J connectivity index is 1.61. The summed E-state index contributed by atoms with van der Waals surface area (Å²) in [6.07, 6.45) is 5.47. The first-order valence-corrected chi connectivity index (χ1v) is 10.4. The molecule has 0 bridgehead atoms. The van der Waals surface area contributed by atoms with Crippen LogP contribution in [0.4, 0.5) is 0 Å². The van der Waals surface area contributed by atoms with E-state index in [2.05, 4.69) is 0 Å². The molecule has 2 amide bonds. The van der Waals surface area contributed by atoms with Crippen LogP contribution in [-0.4, -0.2) is 52.7 Å². The number of aromatic nitrogens is 1. The van der Waals surface area contributed by atoms with Gasteiger partial charge in [0.1, 0.15) is 12.3 Å². The van der Waals surface area contributed by atoms with Crippen molar-refractivity contribution in [2.75, 3.05) is 20.7 Å². The SMILES string of the molecule is COc1ccccc1[C@H]1CC(c2cccn2C)=NN1C(=O)CN(C)C(=O)C1CCC1. The molecule has 1 aromatic carbocycles. The van der Waals surface area contributed by atoms with Gasteiger partial charge in [0.15, 0.2) is 0 Å². The van der Waals surface area contributed by atoms with Crippen molar-refractivity contribution in [1.82, 2.24) is 14.5 Å². The summed E-state index contributed by atoms with van der Waals surface area (Å²) >= 11 is 0. The molecule has 158 valence electrons. The van der Waals surface area contributed by atoms with Crippen molar-refractivity contribution in [2.24, 2.45) is 18.1 Å². The van der Waals surface area contributed by atoms with Crippen LogP contribution in [0.15, 0.2) is 47.7 Å². The van der Waals surface area contributed by atoms with Gasteiger partial charge in [-0.3, -0.25) is 9.59 Å². The molecule has 7 heteroatoms. The number of ether oxygens (including phenoxy) is 1. The molecule has 0 N–H and O–H groups in total. The highest BCUT2D eigenvalue weighted by molar-refractivity contribution is 6.02. The molecule has 1 fully saturated rings. The summed E-state index contributed by atoms with van der Waals surface area (Å²) in [4.78, 5) is 27.3. The van der Waals surface area contributed by atoms with Gasteiger partial charge in [-0.1, -0.05) is 24.6 Å². The number of carbonyl (C=O) groups excluding carboxylic acids is 2. The third-order valence-corrected chi connectivity index (χ3v) is 6.11. The summed E-state index contributed by atoms with van der Waals surface area (Å²) < 4.78 is 7.55. The Kier molecular flexibility index (Phi) is 5.61. The van der Waals surface area contributed by atoms with Crippen LogP contribution in [0.25, 0.3) is 0 Å². The standard InChI is InChI=1S/C23H28N4O3/c1-25-13-7-11-19(25)18-14-20(17-10-4-5-12-21(17)30-3)27(24-18)22(28)15-26(2)23(29)16-8-6-9-16/h4-5,7,10-13,16,20H,6,8-9,14-15H2,1-3H3/t20-/m1/s1. The first-order chi connectivity index (χ1) is 14.5. The van der Waals surface area contributed by atoms with E-state index in [4.69, 9.17) is 9.84 Å². The molecule has 1 aliphatic carbocycles. The van der Waals surface area contributed by atoms with Crippen LogP contribution in [0.3, 0.4) is 0 Å². The zero-order valence-corrected chi connectivity index (χ0v) is 17.7. The predicted octanol–water partition coefficient (Wildman–Crippen LogP) is 2.97. The number of amides is 2. The van der Waals surface area contributed by atoms with Crippen molar-refractivity contribution >= 4 is 17.5 Å².